The van der Waals surface area contributed by atoms with Gasteiger partial charge in [-0.25, -0.2) is 4.79 Å². The molecule has 0 N–H and O–H groups in total. The van der Waals surface area contributed by atoms with E-state index in [1.54, 1.807) is 0 Å². The molecule has 0 spiro atoms. The largest absolute Gasteiger partial charge is 0.490 e. The van der Waals surface area contributed by atoms with E-state index in [1.807, 2.05) is 48.5 Å². The van der Waals surface area contributed by atoms with Crippen molar-refractivity contribution in [2.24, 2.45) is 0 Å². The highest BCUT2D eigenvalue weighted by Gasteiger charge is 2.13. The van der Waals surface area contributed by atoms with Crippen LogP contribution in [0.5, 0.6) is 11.5 Å². The fourth-order valence-electron chi connectivity index (χ4n) is 6.20. The van der Waals surface area contributed by atoms with Crippen molar-refractivity contribution in [3.63, 3.8) is 0 Å². The predicted octanol–water partition coefficient (Wildman–Crippen LogP) is 13.5. The number of carbonyl (C=O) groups excluding carboxylic acids is 1. The van der Waals surface area contributed by atoms with Crippen molar-refractivity contribution in [1.29, 1.82) is 0 Å². The Hall–Kier alpha value is -3.11. The van der Waals surface area contributed by atoms with Crippen molar-refractivity contribution < 1.29 is 19.0 Å². The van der Waals surface area contributed by atoms with Crippen molar-refractivity contribution in [2.75, 3.05) is 6.61 Å². The van der Waals surface area contributed by atoms with Gasteiger partial charge >= 0.3 is 5.97 Å². The molecule has 48 heavy (non-hydrogen) atoms. The van der Waals surface area contributed by atoms with E-state index in [0.717, 1.165) is 49.2 Å². The fourth-order valence-corrected chi connectivity index (χ4v) is 6.20. The molecule has 0 aliphatic heterocycles. The van der Waals surface area contributed by atoms with Crippen LogP contribution in [0.25, 0.3) is 11.1 Å². The first kappa shape index (κ1) is 39.3. The van der Waals surface area contributed by atoms with Crippen molar-refractivity contribution in [1.82, 2.24) is 0 Å². The Morgan fingerprint density at radius 3 is 1.60 bits per heavy atom. The van der Waals surface area contributed by atoms with E-state index in [-0.39, 0.29) is 18.2 Å². The molecule has 2 unspecified atom stereocenters. The van der Waals surface area contributed by atoms with Gasteiger partial charge in [-0.15, -0.1) is 0 Å². The van der Waals surface area contributed by atoms with Crippen LogP contribution in [0.2, 0.25) is 0 Å². The molecule has 4 heteroatoms. The molecule has 264 valence electrons. The first-order chi connectivity index (χ1) is 23.5. The topological polar surface area (TPSA) is 44.8 Å². The maximum absolute atomic E-state index is 12.9. The van der Waals surface area contributed by atoms with Crippen molar-refractivity contribution in [3.05, 3.63) is 83.9 Å². The summed E-state index contributed by atoms with van der Waals surface area (Å²) in [5.41, 5.74) is 3.87. The molecule has 0 aromatic heterocycles. The van der Waals surface area contributed by atoms with Gasteiger partial charge in [-0.05, 0) is 85.7 Å². The highest BCUT2D eigenvalue weighted by atomic mass is 16.5. The van der Waals surface area contributed by atoms with Gasteiger partial charge in [-0.2, -0.15) is 0 Å². The van der Waals surface area contributed by atoms with E-state index in [2.05, 4.69) is 52.0 Å². The summed E-state index contributed by atoms with van der Waals surface area (Å²) in [5, 5.41) is 0. The summed E-state index contributed by atoms with van der Waals surface area (Å²) in [4.78, 5) is 12.9. The van der Waals surface area contributed by atoms with Gasteiger partial charge in [-0.3, -0.25) is 0 Å². The maximum atomic E-state index is 12.9. The minimum Gasteiger partial charge on any atom is -0.490 e. The number of unbranched alkanes of at least 4 members (excludes halogenated alkanes) is 13. The van der Waals surface area contributed by atoms with E-state index in [4.69, 9.17) is 14.2 Å². The van der Waals surface area contributed by atoms with Crippen LogP contribution in [0, 0.1) is 0 Å². The first-order valence-corrected chi connectivity index (χ1v) is 19.3. The molecule has 0 aliphatic carbocycles. The third-order valence-electron chi connectivity index (χ3n) is 9.28. The Morgan fingerprint density at radius 1 is 0.542 bits per heavy atom. The molecule has 0 saturated carbocycles. The summed E-state index contributed by atoms with van der Waals surface area (Å²) in [5.74, 6) is 0.986. The molecule has 4 nitrogen and oxygen atoms in total. The summed E-state index contributed by atoms with van der Waals surface area (Å²) in [6, 6.07) is 23.6. The Kier molecular flexibility index (Phi) is 19.7. The lowest BCUT2D eigenvalue weighted by atomic mass is 10.0. The minimum absolute atomic E-state index is 0.0785. The van der Waals surface area contributed by atoms with Gasteiger partial charge in [0.15, 0.2) is 0 Å². The van der Waals surface area contributed by atoms with E-state index in [9.17, 15) is 4.79 Å². The monoisotopic (exact) mass is 656 g/mol. The molecule has 3 rings (SSSR count). The zero-order valence-corrected chi connectivity index (χ0v) is 30.7. The smallest absolute Gasteiger partial charge is 0.343 e. The Bertz CT molecular complexity index is 1230. The Balaban J connectivity index is 1.40. The number of hydrogen-bond donors (Lipinski definition) is 0. The normalized spacial score (nSPS) is 12.5. The molecule has 2 atom stereocenters. The molecular weight excluding hydrogens is 592 g/mol. The zero-order valence-electron chi connectivity index (χ0n) is 30.7. The lowest BCUT2D eigenvalue weighted by Crippen LogP contribution is -2.16. The quantitative estimate of drug-likeness (QED) is 0.0490. The molecule has 3 aromatic carbocycles. The molecule has 0 amide bonds. The van der Waals surface area contributed by atoms with E-state index < -0.39 is 0 Å². The second-order valence-electron chi connectivity index (χ2n) is 13.5. The minimum atomic E-state index is -0.365. The van der Waals surface area contributed by atoms with Crippen LogP contribution >= 0.6 is 0 Å². The molecule has 0 aliphatic rings. The van der Waals surface area contributed by atoms with Gasteiger partial charge in [0.05, 0.1) is 17.8 Å². The summed E-state index contributed by atoms with van der Waals surface area (Å²) in [6.45, 7) is 9.67. The van der Waals surface area contributed by atoms with E-state index >= 15 is 0 Å². The van der Waals surface area contributed by atoms with Gasteiger partial charge in [0.2, 0.25) is 0 Å². The zero-order chi connectivity index (χ0) is 34.2. The Labute approximate surface area is 293 Å². The molecule has 0 saturated heterocycles. The van der Waals surface area contributed by atoms with Crippen molar-refractivity contribution in [3.8, 4) is 22.6 Å². The molecule has 0 radical (unpaired) electrons. The van der Waals surface area contributed by atoms with E-state index in [0.29, 0.717) is 11.3 Å². The van der Waals surface area contributed by atoms with Crippen molar-refractivity contribution in [2.45, 2.75) is 155 Å². The average molecular weight is 657 g/mol. The number of rotatable bonds is 26. The summed E-state index contributed by atoms with van der Waals surface area (Å²) in [7, 11) is 0. The van der Waals surface area contributed by atoms with Gasteiger partial charge in [0, 0.05) is 6.61 Å². The van der Waals surface area contributed by atoms with Crippen LogP contribution in [0.4, 0.5) is 0 Å². The van der Waals surface area contributed by atoms with Crippen LogP contribution in [-0.4, -0.2) is 18.7 Å². The Morgan fingerprint density at radius 2 is 1.04 bits per heavy atom. The second kappa shape index (κ2) is 24.1. The second-order valence-corrected chi connectivity index (χ2v) is 13.5. The van der Waals surface area contributed by atoms with Crippen LogP contribution in [0.15, 0.2) is 72.8 Å². The molecule has 0 bridgehead atoms. The first-order valence-electron chi connectivity index (χ1n) is 19.3. The van der Waals surface area contributed by atoms with Crippen LogP contribution < -0.4 is 9.47 Å². The molecule has 3 aromatic rings. The molecule has 0 heterocycles. The number of carbonyl (C=O) groups is 1. The number of ether oxygens (including phenoxy) is 3. The fraction of sp³-hybridized carbons (Fsp3) is 0.568. The van der Waals surface area contributed by atoms with Crippen LogP contribution in [0.3, 0.4) is 0 Å². The van der Waals surface area contributed by atoms with Gasteiger partial charge in [0.1, 0.15) is 11.5 Å². The number of esters is 1. The SMILES string of the molecule is CCCCCCCCCCCC(CCC)Oc1ccc(OC(=O)c2ccc(-c3ccc(C(C)OCCCCCCCC)cc3)cc2)cc1. The van der Waals surface area contributed by atoms with E-state index in [1.165, 1.54) is 95.5 Å². The molecular formula is C44H64O4. The lowest BCUT2D eigenvalue weighted by Gasteiger charge is -2.19. The lowest BCUT2D eigenvalue weighted by molar-refractivity contribution is 0.0627. The summed E-state index contributed by atoms with van der Waals surface area (Å²) >= 11 is 0. The highest BCUT2D eigenvalue weighted by molar-refractivity contribution is 5.91. The summed E-state index contributed by atoms with van der Waals surface area (Å²) in [6.07, 6.45) is 23.2. The van der Waals surface area contributed by atoms with Crippen LogP contribution in [-0.2, 0) is 4.74 Å². The average Bonchev–Trinajstić information content (AvgIpc) is 3.11. The number of hydrogen-bond acceptors (Lipinski definition) is 4. The summed E-state index contributed by atoms with van der Waals surface area (Å²) < 4.78 is 18.1. The van der Waals surface area contributed by atoms with Gasteiger partial charge < -0.3 is 14.2 Å². The van der Waals surface area contributed by atoms with Gasteiger partial charge in [0.25, 0.3) is 0 Å². The highest BCUT2D eigenvalue weighted by Crippen LogP contribution is 2.26. The molecule has 0 fully saturated rings. The van der Waals surface area contributed by atoms with Gasteiger partial charge in [-0.1, -0.05) is 147 Å². The van der Waals surface area contributed by atoms with Crippen LogP contribution in [0.1, 0.15) is 165 Å². The van der Waals surface area contributed by atoms with Crippen molar-refractivity contribution >= 4 is 5.97 Å². The standard InChI is InChI=1S/C44H64O4/c1-5-8-10-12-14-15-16-17-19-22-41(21-7-3)47-42-31-33-43(34-32-42)48-44(45)40-29-27-39(28-30-40)38-25-23-37(24-26-38)36(4)46-35-20-18-13-11-9-6-2/h23-34,36,41H,5-22,35H2,1-4H3. The third-order valence-corrected chi connectivity index (χ3v) is 9.28. The maximum Gasteiger partial charge on any atom is 0.343 e. The predicted molar refractivity (Wildman–Crippen MR) is 202 cm³/mol. The number of benzene rings is 3. The third kappa shape index (κ3) is 15.4.